The summed E-state index contributed by atoms with van der Waals surface area (Å²) >= 11 is 1.59. The Morgan fingerprint density at radius 1 is 1.73 bits per heavy atom. The van der Waals surface area contributed by atoms with Crippen molar-refractivity contribution in [3.8, 4) is 0 Å². The van der Waals surface area contributed by atoms with Crippen molar-refractivity contribution in [3.63, 3.8) is 0 Å². The van der Waals surface area contributed by atoms with Gasteiger partial charge in [-0.25, -0.2) is 0 Å². The van der Waals surface area contributed by atoms with Crippen LogP contribution in [0, 0.1) is 0 Å². The van der Waals surface area contributed by atoms with E-state index >= 15 is 0 Å². The van der Waals surface area contributed by atoms with Gasteiger partial charge < -0.3 is 15.7 Å². The third-order valence-electron chi connectivity index (χ3n) is 1.58. The fourth-order valence-electron chi connectivity index (χ4n) is 1.13. The van der Waals surface area contributed by atoms with Gasteiger partial charge in [-0.3, -0.25) is 0 Å². The molecule has 1 saturated heterocycles. The van der Waals surface area contributed by atoms with Crippen LogP contribution in [0.3, 0.4) is 0 Å². The van der Waals surface area contributed by atoms with Crippen molar-refractivity contribution < 1.29 is 5.11 Å². The number of thioether (sulfide) groups is 1. The van der Waals surface area contributed by atoms with Crippen molar-refractivity contribution in [3.05, 3.63) is 12.4 Å². The second-order valence-corrected chi connectivity index (χ2v) is 4.41. The minimum atomic E-state index is -0.613. The largest absolute Gasteiger partial charge is 0.403 e. The van der Waals surface area contributed by atoms with E-state index in [0.29, 0.717) is 6.54 Å². The van der Waals surface area contributed by atoms with Gasteiger partial charge in [0.1, 0.15) is 4.93 Å². The summed E-state index contributed by atoms with van der Waals surface area (Å²) in [4.78, 5) is 1.41. The van der Waals surface area contributed by atoms with E-state index in [4.69, 9.17) is 5.73 Å². The molecule has 0 aromatic carbocycles. The quantitative estimate of drug-likeness (QED) is 0.595. The summed E-state index contributed by atoms with van der Waals surface area (Å²) in [6.45, 7) is 3.45. The van der Waals surface area contributed by atoms with E-state index in [-0.39, 0.29) is 0 Å². The maximum atomic E-state index is 9.62. The zero-order chi connectivity index (χ0) is 8.32. The lowest BCUT2D eigenvalue weighted by Crippen LogP contribution is -2.42. The third kappa shape index (κ3) is 2.63. The highest BCUT2D eigenvalue weighted by Gasteiger charge is 2.27. The Morgan fingerprint density at radius 3 is 3.00 bits per heavy atom. The second-order valence-electron chi connectivity index (χ2n) is 2.84. The number of nitrogens with zero attached hydrogens (tertiary/aromatic N) is 1. The average Bonchev–Trinajstić information content (AvgIpc) is 1.85. The summed E-state index contributed by atoms with van der Waals surface area (Å²) in [5.41, 5.74) is 5.24. The summed E-state index contributed by atoms with van der Waals surface area (Å²) in [5.74, 6) is 0.956. The number of hydrogen-bond acceptors (Lipinski definition) is 4. The molecule has 1 fully saturated rings. The third-order valence-corrected chi connectivity index (χ3v) is 2.72. The van der Waals surface area contributed by atoms with Gasteiger partial charge in [0.2, 0.25) is 0 Å². The Balaban J connectivity index is 2.46. The van der Waals surface area contributed by atoms with E-state index in [2.05, 4.69) is 0 Å². The Morgan fingerprint density at radius 2 is 2.45 bits per heavy atom. The molecular weight excluding hydrogens is 160 g/mol. The molecule has 3 nitrogen and oxygen atoms in total. The molecule has 0 amide bonds. The highest BCUT2D eigenvalue weighted by Crippen LogP contribution is 2.26. The van der Waals surface area contributed by atoms with Gasteiger partial charge in [0.25, 0.3) is 0 Å². The van der Waals surface area contributed by atoms with Crippen molar-refractivity contribution in [2.75, 3.05) is 18.8 Å². The summed E-state index contributed by atoms with van der Waals surface area (Å²) in [6, 6.07) is 0. The lowest BCUT2D eigenvalue weighted by molar-refractivity contribution is 0.113. The molecule has 64 valence electrons. The molecule has 0 aromatic heterocycles. The van der Waals surface area contributed by atoms with Crippen LogP contribution in [0.15, 0.2) is 12.4 Å². The van der Waals surface area contributed by atoms with Crippen LogP contribution >= 0.6 is 11.8 Å². The molecule has 11 heavy (non-hydrogen) atoms. The topological polar surface area (TPSA) is 49.5 Å². The Kier molecular flexibility index (Phi) is 2.67. The Hall–Kier alpha value is -0.350. The van der Waals surface area contributed by atoms with Crippen LogP contribution in [0.1, 0.15) is 6.92 Å². The molecule has 0 radical (unpaired) electrons. The molecule has 0 spiro atoms. The average molecular weight is 174 g/mol. The van der Waals surface area contributed by atoms with E-state index in [9.17, 15) is 5.11 Å². The van der Waals surface area contributed by atoms with E-state index in [1.165, 1.54) is 6.20 Å². The molecule has 1 aliphatic heterocycles. The normalized spacial score (nSPS) is 33.1. The molecule has 0 bridgehead atoms. The lowest BCUT2D eigenvalue weighted by Gasteiger charge is -2.35. The van der Waals surface area contributed by atoms with Crippen molar-refractivity contribution in [2.45, 2.75) is 11.9 Å². The minimum Gasteiger partial charge on any atom is -0.403 e. The van der Waals surface area contributed by atoms with Crippen LogP contribution in [0.25, 0.3) is 0 Å². The number of rotatable bonds is 1. The van der Waals surface area contributed by atoms with Gasteiger partial charge in [0, 0.05) is 24.7 Å². The maximum Gasteiger partial charge on any atom is 0.125 e. The smallest absolute Gasteiger partial charge is 0.125 e. The van der Waals surface area contributed by atoms with Crippen LogP contribution in [0.5, 0.6) is 0 Å². The SMILES string of the molecule is CC1(O)CN(/C=C\N)CCS1. The number of hydrogen-bond donors (Lipinski definition) is 2. The molecule has 4 heteroatoms. The number of nitrogens with two attached hydrogens (primary N) is 1. The van der Waals surface area contributed by atoms with Crippen molar-refractivity contribution >= 4 is 11.8 Å². The first-order chi connectivity index (χ1) is 5.14. The summed E-state index contributed by atoms with van der Waals surface area (Å²) in [7, 11) is 0. The van der Waals surface area contributed by atoms with Crippen LogP contribution in [0.2, 0.25) is 0 Å². The van der Waals surface area contributed by atoms with Crippen LogP contribution < -0.4 is 5.73 Å². The van der Waals surface area contributed by atoms with Gasteiger partial charge in [0.05, 0.1) is 6.54 Å². The van der Waals surface area contributed by atoms with Gasteiger partial charge in [0.15, 0.2) is 0 Å². The van der Waals surface area contributed by atoms with Gasteiger partial charge in [-0.05, 0) is 6.92 Å². The zero-order valence-electron chi connectivity index (χ0n) is 6.66. The zero-order valence-corrected chi connectivity index (χ0v) is 7.47. The van der Waals surface area contributed by atoms with Gasteiger partial charge in [-0.2, -0.15) is 0 Å². The van der Waals surface area contributed by atoms with Crippen molar-refractivity contribution in [1.29, 1.82) is 0 Å². The fraction of sp³-hybridized carbons (Fsp3) is 0.714. The molecule has 0 aromatic rings. The van der Waals surface area contributed by atoms with Crippen LogP contribution in [-0.2, 0) is 0 Å². The molecule has 1 atom stereocenters. The summed E-state index contributed by atoms with van der Waals surface area (Å²) in [5, 5.41) is 9.62. The van der Waals surface area contributed by atoms with Crippen molar-refractivity contribution in [1.82, 2.24) is 4.90 Å². The fourth-order valence-corrected chi connectivity index (χ4v) is 2.16. The van der Waals surface area contributed by atoms with Gasteiger partial charge in [-0.1, -0.05) is 0 Å². The van der Waals surface area contributed by atoms with Crippen molar-refractivity contribution in [2.24, 2.45) is 5.73 Å². The monoisotopic (exact) mass is 174 g/mol. The number of aliphatic hydroxyl groups is 1. The molecule has 1 aliphatic rings. The first-order valence-electron chi connectivity index (χ1n) is 3.63. The second kappa shape index (κ2) is 3.36. The highest BCUT2D eigenvalue weighted by atomic mass is 32.2. The predicted octanol–water partition coefficient (Wildman–Crippen LogP) is 0.174. The number of β-amino-alcohol motifs (C(OH)–C–C–N with tert-alkyl or cyclic N) is 1. The molecular formula is C7H14N2OS. The predicted molar refractivity (Wildman–Crippen MR) is 48.0 cm³/mol. The Bertz CT molecular complexity index is 159. The van der Waals surface area contributed by atoms with Crippen LogP contribution in [-0.4, -0.2) is 33.8 Å². The molecule has 1 unspecified atom stereocenters. The maximum absolute atomic E-state index is 9.62. The molecule has 1 rings (SSSR count). The highest BCUT2D eigenvalue weighted by molar-refractivity contribution is 8.00. The lowest BCUT2D eigenvalue weighted by atomic mass is 10.3. The molecule has 1 heterocycles. The Labute approximate surface area is 71.3 Å². The first kappa shape index (κ1) is 8.74. The minimum absolute atomic E-state index is 0.613. The molecule has 0 aliphatic carbocycles. The standard InChI is InChI=1S/C7H14N2OS/c1-7(10)6-9(3-2-8)4-5-11-7/h2-3,10H,4-6,8H2,1H3/b3-2-. The molecule has 0 saturated carbocycles. The van der Waals surface area contributed by atoms with Gasteiger partial charge in [-0.15, -0.1) is 11.8 Å². The van der Waals surface area contributed by atoms with Gasteiger partial charge >= 0.3 is 0 Å². The van der Waals surface area contributed by atoms with E-state index in [1.807, 2.05) is 18.0 Å². The summed E-state index contributed by atoms with van der Waals surface area (Å²) < 4.78 is 0. The molecule has 3 N–H and O–H groups in total. The van der Waals surface area contributed by atoms with E-state index in [1.54, 1.807) is 11.8 Å². The first-order valence-corrected chi connectivity index (χ1v) is 4.61. The van der Waals surface area contributed by atoms with Crippen LogP contribution in [0.4, 0.5) is 0 Å². The van der Waals surface area contributed by atoms with E-state index < -0.39 is 4.93 Å². The summed E-state index contributed by atoms with van der Waals surface area (Å²) in [6.07, 6.45) is 3.32. The van der Waals surface area contributed by atoms with E-state index in [0.717, 1.165) is 12.3 Å².